The lowest BCUT2D eigenvalue weighted by molar-refractivity contribution is 0.411. The largest absolute Gasteiger partial charge is 0.496 e. The van der Waals surface area contributed by atoms with E-state index in [4.69, 9.17) is 26.5 Å². The summed E-state index contributed by atoms with van der Waals surface area (Å²) in [6.45, 7) is 5.85. The normalized spacial score (nSPS) is 10.7. The molecule has 1 aromatic carbocycles. The van der Waals surface area contributed by atoms with Crippen LogP contribution in [0.2, 0.25) is 5.02 Å². The van der Waals surface area contributed by atoms with E-state index in [1.165, 1.54) is 0 Å². The highest BCUT2D eigenvalue weighted by Gasteiger charge is 2.20. The maximum Gasteiger partial charge on any atom is 0.292 e. The molecule has 0 atom stereocenters. The first-order chi connectivity index (χ1) is 8.47. The van der Waals surface area contributed by atoms with Crippen molar-refractivity contribution in [3.8, 4) is 17.1 Å². The number of methoxy groups -OCH3 is 1. The number of halogens is 1. The van der Waals surface area contributed by atoms with Crippen LogP contribution >= 0.6 is 11.6 Å². The summed E-state index contributed by atoms with van der Waals surface area (Å²) in [6.07, 6.45) is 1.57. The van der Waals surface area contributed by atoms with Crippen molar-refractivity contribution >= 4 is 17.6 Å². The van der Waals surface area contributed by atoms with Crippen molar-refractivity contribution in [2.75, 3.05) is 12.8 Å². The number of benzene rings is 1. The van der Waals surface area contributed by atoms with Crippen LogP contribution in [0.1, 0.15) is 16.7 Å². The summed E-state index contributed by atoms with van der Waals surface area (Å²) in [5, 5.41) is 0.707. The summed E-state index contributed by atoms with van der Waals surface area (Å²) in [4.78, 5) is 3.90. The van der Waals surface area contributed by atoms with Gasteiger partial charge in [0.25, 0.3) is 6.01 Å². The monoisotopic (exact) mass is 266 g/mol. The number of hydrogen-bond donors (Lipinski definition) is 1. The smallest absolute Gasteiger partial charge is 0.292 e. The second kappa shape index (κ2) is 4.53. The summed E-state index contributed by atoms with van der Waals surface area (Å²) >= 11 is 6.32. The van der Waals surface area contributed by atoms with E-state index in [-0.39, 0.29) is 6.01 Å². The standard InChI is InChI=1S/C13H15ClN2O2/c1-6-7(2)12(17-4)10(8(3)11(6)14)9-5-16-13(15)18-9/h5H,1-4H3,(H2,15,16). The van der Waals surface area contributed by atoms with E-state index in [1.54, 1.807) is 13.3 Å². The SMILES string of the molecule is COc1c(C)c(C)c(Cl)c(C)c1-c1cnc(N)o1. The number of nitrogens with zero attached hydrogens (tertiary/aromatic N) is 1. The van der Waals surface area contributed by atoms with Gasteiger partial charge in [-0.1, -0.05) is 11.6 Å². The minimum Gasteiger partial charge on any atom is -0.496 e. The molecule has 0 radical (unpaired) electrons. The highest BCUT2D eigenvalue weighted by atomic mass is 35.5. The molecule has 0 bridgehead atoms. The Morgan fingerprint density at radius 2 is 1.89 bits per heavy atom. The Morgan fingerprint density at radius 1 is 1.22 bits per heavy atom. The van der Waals surface area contributed by atoms with Crippen molar-refractivity contribution in [3.63, 3.8) is 0 Å². The first kappa shape index (κ1) is 12.8. The van der Waals surface area contributed by atoms with Gasteiger partial charge in [-0.2, -0.15) is 0 Å². The van der Waals surface area contributed by atoms with Gasteiger partial charge >= 0.3 is 0 Å². The lowest BCUT2D eigenvalue weighted by Gasteiger charge is -2.16. The third kappa shape index (κ3) is 1.82. The van der Waals surface area contributed by atoms with Gasteiger partial charge < -0.3 is 14.9 Å². The highest BCUT2D eigenvalue weighted by Crippen LogP contribution is 2.42. The molecule has 2 aromatic rings. The maximum absolute atomic E-state index is 6.32. The number of nitrogen functional groups attached to an aromatic ring is 1. The van der Waals surface area contributed by atoms with Crippen LogP contribution in [0.3, 0.4) is 0 Å². The number of oxazole rings is 1. The number of rotatable bonds is 2. The van der Waals surface area contributed by atoms with Gasteiger partial charge in [0.05, 0.1) is 18.9 Å². The number of anilines is 1. The predicted octanol–water partition coefficient (Wildman–Crippen LogP) is 3.51. The van der Waals surface area contributed by atoms with Crippen molar-refractivity contribution in [1.29, 1.82) is 0 Å². The quantitative estimate of drug-likeness (QED) is 0.903. The van der Waals surface area contributed by atoms with E-state index in [0.29, 0.717) is 10.8 Å². The molecule has 0 aliphatic rings. The van der Waals surface area contributed by atoms with E-state index in [2.05, 4.69) is 4.98 Å². The zero-order valence-corrected chi connectivity index (χ0v) is 11.6. The molecule has 0 aliphatic heterocycles. The van der Waals surface area contributed by atoms with Gasteiger partial charge in [-0.05, 0) is 37.5 Å². The minimum absolute atomic E-state index is 0.126. The van der Waals surface area contributed by atoms with Crippen molar-refractivity contribution in [1.82, 2.24) is 4.98 Å². The maximum atomic E-state index is 6.32. The summed E-state index contributed by atoms with van der Waals surface area (Å²) in [5.41, 5.74) is 9.20. The van der Waals surface area contributed by atoms with Crippen molar-refractivity contribution < 1.29 is 9.15 Å². The summed E-state index contributed by atoms with van der Waals surface area (Å²) in [5.74, 6) is 1.30. The van der Waals surface area contributed by atoms with Crippen LogP contribution in [0, 0.1) is 20.8 Å². The number of hydrogen-bond acceptors (Lipinski definition) is 4. The van der Waals surface area contributed by atoms with Crippen molar-refractivity contribution in [2.24, 2.45) is 0 Å². The second-order valence-electron chi connectivity index (χ2n) is 4.16. The van der Waals surface area contributed by atoms with Crippen LogP contribution < -0.4 is 10.5 Å². The molecule has 0 aliphatic carbocycles. The van der Waals surface area contributed by atoms with Crippen LogP contribution in [0.15, 0.2) is 10.6 Å². The molecule has 0 spiro atoms. The summed E-state index contributed by atoms with van der Waals surface area (Å²) < 4.78 is 10.8. The Kier molecular flexibility index (Phi) is 3.22. The zero-order chi connectivity index (χ0) is 13.4. The number of ether oxygens (including phenoxy) is 1. The molecule has 5 heteroatoms. The van der Waals surface area contributed by atoms with Crippen LogP contribution in [0.5, 0.6) is 5.75 Å². The lowest BCUT2D eigenvalue weighted by atomic mass is 9.97. The molecule has 0 unspecified atom stereocenters. The molecule has 0 fully saturated rings. The second-order valence-corrected chi connectivity index (χ2v) is 4.54. The molecule has 1 aromatic heterocycles. The summed E-state index contributed by atoms with van der Waals surface area (Å²) in [6, 6.07) is 0.126. The average molecular weight is 267 g/mol. The van der Waals surface area contributed by atoms with Crippen molar-refractivity contribution in [2.45, 2.75) is 20.8 Å². The summed E-state index contributed by atoms with van der Waals surface area (Å²) in [7, 11) is 1.62. The molecule has 96 valence electrons. The Balaban J connectivity index is 2.81. The molecule has 0 saturated carbocycles. The van der Waals surface area contributed by atoms with Crippen LogP contribution in [-0.2, 0) is 0 Å². The first-order valence-electron chi connectivity index (χ1n) is 5.52. The van der Waals surface area contributed by atoms with Crippen molar-refractivity contribution in [3.05, 3.63) is 27.9 Å². The van der Waals surface area contributed by atoms with Gasteiger partial charge in [0.15, 0.2) is 5.76 Å². The molecule has 18 heavy (non-hydrogen) atoms. The first-order valence-corrected chi connectivity index (χ1v) is 5.90. The molecule has 2 N–H and O–H groups in total. The molecular weight excluding hydrogens is 252 g/mol. The number of nitrogens with two attached hydrogens (primary N) is 1. The fraction of sp³-hybridized carbons (Fsp3) is 0.308. The molecule has 0 saturated heterocycles. The van der Waals surface area contributed by atoms with Crippen LogP contribution in [0.25, 0.3) is 11.3 Å². The fourth-order valence-corrected chi connectivity index (χ4v) is 2.27. The van der Waals surface area contributed by atoms with Gasteiger partial charge in [0.2, 0.25) is 0 Å². The van der Waals surface area contributed by atoms with E-state index >= 15 is 0 Å². The van der Waals surface area contributed by atoms with E-state index < -0.39 is 0 Å². The predicted molar refractivity (Wildman–Crippen MR) is 72.1 cm³/mol. The van der Waals surface area contributed by atoms with Crippen LogP contribution in [-0.4, -0.2) is 12.1 Å². The molecule has 2 rings (SSSR count). The Labute approximate surface area is 111 Å². The average Bonchev–Trinajstić information content (AvgIpc) is 2.77. The zero-order valence-electron chi connectivity index (χ0n) is 10.8. The Morgan fingerprint density at radius 3 is 2.39 bits per heavy atom. The van der Waals surface area contributed by atoms with E-state index in [1.807, 2.05) is 20.8 Å². The van der Waals surface area contributed by atoms with Gasteiger partial charge in [-0.3, -0.25) is 0 Å². The van der Waals surface area contributed by atoms with Gasteiger partial charge in [0, 0.05) is 5.02 Å². The van der Waals surface area contributed by atoms with Crippen LogP contribution in [0.4, 0.5) is 6.01 Å². The molecule has 0 amide bonds. The third-order valence-electron chi connectivity index (χ3n) is 3.14. The highest BCUT2D eigenvalue weighted by molar-refractivity contribution is 6.32. The Bertz CT molecular complexity index is 606. The van der Waals surface area contributed by atoms with E-state index in [9.17, 15) is 0 Å². The van der Waals surface area contributed by atoms with Gasteiger partial charge in [-0.25, -0.2) is 4.98 Å². The lowest BCUT2D eigenvalue weighted by Crippen LogP contribution is -1.98. The van der Waals surface area contributed by atoms with Gasteiger partial charge in [-0.15, -0.1) is 0 Å². The number of aromatic nitrogens is 1. The topological polar surface area (TPSA) is 61.3 Å². The van der Waals surface area contributed by atoms with E-state index in [0.717, 1.165) is 28.0 Å². The fourth-order valence-electron chi connectivity index (χ4n) is 2.04. The molecule has 4 nitrogen and oxygen atoms in total. The molecule has 1 heterocycles. The third-order valence-corrected chi connectivity index (χ3v) is 3.70. The Hall–Kier alpha value is -1.68. The minimum atomic E-state index is 0.126. The van der Waals surface area contributed by atoms with Gasteiger partial charge in [0.1, 0.15) is 5.75 Å². The molecular formula is C13H15ClN2O2.